The Morgan fingerprint density at radius 3 is 2.77 bits per heavy atom. The Kier molecular flexibility index (Phi) is 5.15. The predicted octanol–water partition coefficient (Wildman–Crippen LogP) is 3.20. The van der Waals surface area contributed by atoms with Gasteiger partial charge >= 0.3 is 5.97 Å². The summed E-state index contributed by atoms with van der Waals surface area (Å²) >= 11 is 1.18. The van der Waals surface area contributed by atoms with Gasteiger partial charge in [-0.15, -0.1) is 11.3 Å². The molecule has 7 nitrogen and oxygen atoms in total. The van der Waals surface area contributed by atoms with E-state index in [2.05, 4.69) is 17.2 Å². The maximum Gasteiger partial charge on any atom is 0.349 e. The summed E-state index contributed by atoms with van der Waals surface area (Å²) in [6.45, 7) is 6.09. The highest BCUT2D eigenvalue weighted by atomic mass is 32.1. The highest BCUT2D eigenvalue weighted by Crippen LogP contribution is 2.49. The number of hydrogen-bond acceptors (Lipinski definition) is 6. The minimum Gasteiger partial charge on any atom is -0.448 e. The second kappa shape index (κ2) is 7.73. The van der Waals surface area contributed by atoms with Crippen molar-refractivity contribution in [1.29, 1.82) is 0 Å². The lowest BCUT2D eigenvalue weighted by Crippen LogP contribution is -2.45. The van der Waals surface area contributed by atoms with Crippen LogP contribution in [0.15, 0.2) is 4.79 Å². The number of nitrogens with one attached hydrogen (secondary N) is 1. The number of fused-ring (bicyclic) bond motifs is 4. The Labute approximate surface area is 185 Å². The molecule has 8 heteroatoms. The SMILES string of the molecule is Cc1c(C(=O)O[C@H](C)C(=O)N[C@H](C)[C@@H]2C[C@@H]3CC[C@@H]2C3)sc2nc3n(c(=O)c12)CCC3. The molecule has 1 amide bonds. The van der Waals surface area contributed by atoms with Crippen molar-refractivity contribution in [3.63, 3.8) is 0 Å². The van der Waals surface area contributed by atoms with Crippen LogP contribution in [0.3, 0.4) is 0 Å². The summed E-state index contributed by atoms with van der Waals surface area (Å²) in [6, 6.07) is 0.0849. The molecule has 166 valence electrons. The van der Waals surface area contributed by atoms with E-state index in [0.29, 0.717) is 39.0 Å². The van der Waals surface area contributed by atoms with Crippen molar-refractivity contribution in [2.45, 2.75) is 78.0 Å². The van der Waals surface area contributed by atoms with Gasteiger partial charge in [-0.3, -0.25) is 14.2 Å². The molecular formula is C23H29N3O4S. The van der Waals surface area contributed by atoms with E-state index in [1.165, 1.54) is 37.0 Å². The van der Waals surface area contributed by atoms with Crippen molar-refractivity contribution in [3.05, 3.63) is 26.6 Å². The summed E-state index contributed by atoms with van der Waals surface area (Å²) in [6.07, 6.45) is 5.87. The molecule has 2 fully saturated rings. The third-order valence-electron chi connectivity index (χ3n) is 7.55. The number of carbonyl (C=O) groups excluding carboxylic acids is 2. The summed E-state index contributed by atoms with van der Waals surface area (Å²) < 4.78 is 7.20. The van der Waals surface area contributed by atoms with Gasteiger partial charge in [-0.25, -0.2) is 9.78 Å². The average molecular weight is 444 g/mol. The molecule has 0 spiro atoms. The van der Waals surface area contributed by atoms with Gasteiger partial charge in [0.15, 0.2) is 6.10 Å². The number of nitrogens with zero attached hydrogens (tertiary/aromatic N) is 2. The van der Waals surface area contributed by atoms with Gasteiger partial charge in [-0.2, -0.15) is 0 Å². The van der Waals surface area contributed by atoms with Crippen LogP contribution in [0.5, 0.6) is 0 Å². The summed E-state index contributed by atoms with van der Waals surface area (Å²) in [4.78, 5) is 43.9. The number of esters is 1. The van der Waals surface area contributed by atoms with Crippen molar-refractivity contribution >= 4 is 33.4 Å². The molecule has 2 aromatic rings. The number of rotatable bonds is 5. The standard InChI is InChI=1S/C23H29N3O4S/c1-11-18-21(25-17-5-4-8-26(17)22(18)28)31-19(11)23(29)30-13(3)20(27)24-12(2)16-10-14-6-7-15(16)9-14/h12-16H,4-10H2,1-3H3,(H,24,27)/t12-,13-,14-,15-,16+/m1/s1. The molecule has 2 bridgehead atoms. The molecule has 3 heterocycles. The van der Waals surface area contributed by atoms with E-state index >= 15 is 0 Å². The van der Waals surface area contributed by atoms with Crippen LogP contribution >= 0.6 is 11.3 Å². The summed E-state index contributed by atoms with van der Waals surface area (Å²) in [5.41, 5.74) is 0.503. The second-order valence-electron chi connectivity index (χ2n) is 9.51. The van der Waals surface area contributed by atoms with Crippen LogP contribution in [-0.2, 0) is 22.5 Å². The van der Waals surface area contributed by atoms with E-state index < -0.39 is 12.1 Å². The van der Waals surface area contributed by atoms with Crippen molar-refractivity contribution in [2.75, 3.05) is 0 Å². The molecule has 2 aliphatic carbocycles. The fourth-order valence-electron chi connectivity index (χ4n) is 5.89. The Hall–Kier alpha value is -2.22. The average Bonchev–Trinajstić information content (AvgIpc) is 3.51. The van der Waals surface area contributed by atoms with E-state index in [1.54, 1.807) is 18.4 Å². The first kappa shape index (κ1) is 20.7. The van der Waals surface area contributed by atoms with Gasteiger partial charge in [0.05, 0.1) is 5.39 Å². The van der Waals surface area contributed by atoms with Crippen LogP contribution in [0.2, 0.25) is 0 Å². The molecule has 5 rings (SSSR count). The molecule has 0 saturated heterocycles. The molecule has 2 aromatic heterocycles. The third kappa shape index (κ3) is 3.49. The van der Waals surface area contributed by atoms with Crippen LogP contribution in [0, 0.1) is 24.7 Å². The number of aromatic nitrogens is 2. The van der Waals surface area contributed by atoms with Crippen molar-refractivity contribution in [3.8, 4) is 0 Å². The first-order valence-corrected chi connectivity index (χ1v) is 12.2. The topological polar surface area (TPSA) is 90.3 Å². The van der Waals surface area contributed by atoms with Crippen LogP contribution < -0.4 is 10.9 Å². The number of thiophene rings is 1. The maximum absolute atomic E-state index is 12.8. The molecule has 0 aromatic carbocycles. The zero-order valence-corrected chi connectivity index (χ0v) is 19.1. The van der Waals surface area contributed by atoms with Gasteiger partial charge in [-0.1, -0.05) is 6.42 Å². The molecule has 0 unspecified atom stereocenters. The molecule has 0 radical (unpaired) electrons. The molecule has 31 heavy (non-hydrogen) atoms. The molecule has 1 N–H and O–H groups in total. The molecule has 1 aliphatic heterocycles. The second-order valence-corrected chi connectivity index (χ2v) is 10.5. The smallest absolute Gasteiger partial charge is 0.349 e. The van der Waals surface area contributed by atoms with Crippen LogP contribution in [-0.4, -0.2) is 33.6 Å². The number of hydrogen-bond donors (Lipinski definition) is 1. The Balaban J connectivity index is 1.28. The van der Waals surface area contributed by atoms with E-state index in [0.717, 1.165) is 24.6 Å². The van der Waals surface area contributed by atoms with E-state index in [4.69, 9.17) is 4.74 Å². The Morgan fingerprint density at radius 1 is 1.26 bits per heavy atom. The zero-order chi connectivity index (χ0) is 21.9. The first-order chi connectivity index (χ1) is 14.8. The minimum atomic E-state index is -0.891. The van der Waals surface area contributed by atoms with Gasteiger partial charge in [0.1, 0.15) is 15.5 Å². The summed E-state index contributed by atoms with van der Waals surface area (Å²) in [7, 11) is 0. The van der Waals surface area contributed by atoms with Crippen molar-refractivity contribution in [1.82, 2.24) is 14.9 Å². The van der Waals surface area contributed by atoms with Crippen molar-refractivity contribution < 1.29 is 14.3 Å². The largest absolute Gasteiger partial charge is 0.448 e. The first-order valence-electron chi connectivity index (χ1n) is 11.4. The van der Waals surface area contributed by atoms with Gasteiger partial charge in [0, 0.05) is 19.0 Å². The number of aryl methyl sites for hydroxylation is 2. The lowest BCUT2D eigenvalue weighted by atomic mass is 9.84. The fraction of sp³-hybridized carbons (Fsp3) is 0.652. The van der Waals surface area contributed by atoms with E-state index in [9.17, 15) is 14.4 Å². The summed E-state index contributed by atoms with van der Waals surface area (Å²) in [5.74, 6) is 2.00. The van der Waals surface area contributed by atoms with E-state index in [1.807, 2.05) is 0 Å². The maximum atomic E-state index is 12.8. The Bertz CT molecular complexity index is 1120. The Morgan fingerprint density at radius 2 is 2.06 bits per heavy atom. The zero-order valence-electron chi connectivity index (χ0n) is 18.3. The quantitative estimate of drug-likeness (QED) is 0.717. The molecule has 3 aliphatic rings. The molecule has 2 saturated carbocycles. The lowest BCUT2D eigenvalue weighted by molar-refractivity contribution is -0.130. The van der Waals surface area contributed by atoms with Gasteiger partial charge in [0.25, 0.3) is 11.5 Å². The minimum absolute atomic E-state index is 0.0849. The highest BCUT2D eigenvalue weighted by Gasteiger charge is 2.42. The van der Waals surface area contributed by atoms with Gasteiger partial charge < -0.3 is 10.1 Å². The predicted molar refractivity (Wildman–Crippen MR) is 118 cm³/mol. The highest BCUT2D eigenvalue weighted by molar-refractivity contribution is 7.20. The lowest BCUT2D eigenvalue weighted by Gasteiger charge is -2.29. The van der Waals surface area contributed by atoms with Gasteiger partial charge in [-0.05, 0) is 69.8 Å². The number of carbonyl (C=O) groups is 2. The number of ether oxygens (including phenoxy) is 1. The molecule has 5 atom stereocenters. The van der Waals surface area contributed by atoms with Crippen molar-refractivity contribution in [2.24, 2.45) is 17.8 Å². The van der Waals surface area contributed by atoms with Gasteiger partial charge in [0.2, 0.25) is 0 Å². The fourth-order valence-corrected chi connectivity index (χ4v) is 6.97. The van der Waals surface area contributed by atoms with Crippen LogP contribution in [0.1, 0.15) is 67.0 Å². The molecular weight excluding hydrogens is 414 g/mol. The number of amides is 1. The normalized spacial score (nSPS) is 26.1. The monoisotopic (exact) mass is 443 g/mol. The summed E-state index contributed by atoms with van der Waals surface area (Å²) in [5, 5.41) is 3.56. The third-order valence-corrected chi connectivity index (χ3v) is 8.72. The van der Waals surface area contributed by atoms with Crippen LogP contribution in [0.4, 0.5) is 0 Å². The van der Waals surface area contributed by atoms with E-state index in [-0.39, 0.29) is 17.5 Å². The van der Waals surface area contributed by atoms with Crippen LogP contribution in [0.25, 0.3) is 10.2 Å².